The van der Waals surface area contributed by atoms with Crippen molar-refractivity contribution in [3.63, 3.8) is 0 Å². The molecule has 1 aliphatic heterocycles. The Balaban J connectivity index is 2.31. The lowest BCUT2D eigenvalue weighted by Gasteiger charge is -2.32. The fourth-order valence-electron chi connectivity index (χ4n) is 2.41. The summed E-state index contributed by atoms with van der Waals surface area (Å²) >= 11 is 1.86. The van der Waals surface area contributed by atoms with Crippen LogP contribution in [0.1, 0.15) is 24.3 Å². The van der Waals surface area contributed by atoms with Gasteiger partial charge in [-0.1, -0.05) is 23.9 Å². The quantitative estimate of drug-likeness (QED) is 0.426. The molecule has 4 heteroatoms. The van der Waals surface area contributed by atoms with Gasteiger partial charge in [0.15, 0.2) is 10.3 Å². The van der Waals surface area contributed by atoms with Gasteiger partial charge in [0, 0.05) is 11.3 Å². The average Bonchev–Trinajstić information content (AvgIpc) is 2.72. The Bertz CT molecular complexity index is 613. The lowest BCUT2D eigenvalue weighted by Crippen LogP contribution is -2.30. The van der Waals surface area contributed by atoms with Crippen molar-refractivity contribution in [2.75, 3.05) is 11.6 Å². The molecule has 0 aliphatic carbocycles. The molecule has 1 N–H and O–H groups in total. The van der Waals surface area contributed by atoms with Crippen molar-refractivity contribution in [1.82, 2.24) is 0 Å². The Morgan fingerprint density at radius 1 is 1.33 bits per heavy atom. The number of nitrogens with one attached hydrogen (secondary N) is 1. The molecule has 0 bridgehead atoms. The minimum absolute atomic E-state index is 0.0330. The number of rotatable bonds is 1. The Morgan fingerprint density at radius 3 is 2.83 bits per heavy atom. The number of hydrogen-bond acceptors (Lipinski definition) is 3. The summed E-state index contributed by atoms with van der Waals surface area (Å²) in [5.41, 5.74) is 5.43. The zero-order valence-electron chi connectivity index (χ0n) is 11.0. The third-order valence-electron chi connectivity index (χ3n) is 3.28. The average molecular weight is 294 g/mol. The van der Waals surface area contributed by atoms with Gasteiger partial charge in [-0.2, -0.15) is 0 Å². The first-order valence-electron chi connectivity index (χ1n) is 5.93. The summed E-state index contributed by atoms with van der Waals surface area (Å²) in [6.45, 7) is 6.69. The lowest BCUT2D eigenvalue weighted by atomic mass is 9.89. The third kappa shape index (κ3) is 1.78. The summed E-state index contributed by atoms with van der Waals surface area (Å²) in [6, 6.07) is 6.71. The van der Waals surface area contributed by atoms with Crippen LogP contribution in [0.5, 0.6) is 0 Å². The van der Waals surface area contributed by atoms with Crippen LogP contribution in [0.3, 0.4) is 0 Å². The van der Waals surface area contributed by atoms with E-state index in [-0.39, 0.29) is 5.54 Å². The maximum atomic E-state index is 3.68. The number of fused-ring (bicyclic) bond motifs is 3. The fourth-order valence-corrected chi connectivity index (χ4v) is 6.76. The van der Waals surface area contributed by atoms with Gasteiger partial charge in [0.05, 0.1) is 11.1 Å². The maximum absolute atomic E-state index is 3.68. The monoisotopic (exact) mass is 294 g/mol. The van der Waals surface area contributed by atoms with Gasteiger partial charge < -0.3 is 5.32 Å². The molecule has 0 radical (unpaired) electrons. The highest BCUT2D eigenvalue weighted by Gasteiger charge is 2.39. The molecule has 1 aliphatic rings. The first-order valence-corrected chi connectivity index (χ1v) is 9.30. The minimum atomic E-state index is 0.0330. The largest absolute Gasteiger partial charge is 0.375 e. The van der Waals surface area contributed by atoms with Crippen molar-refractivity contribution in [3.8, 4) is 11.1 Å². The Morgan fingerprint density at radius 2 is 2.11 bits per heavy atom. The molecule has 0 unspecified atom stereocenters. The van der Waals surface area contributed by atoms with Crippen LogP contribution >= 0.6 is 32.4 Å². The smallest absolute Gasteiger partial charge is 0.308 e. The molecule has 0 spiro atoms. The lowest BCUT2D eigenvalue weighted by molar-refractivity contribution is 0.619. The van der Waals surface area contributed by atoms with E-state index in [1.54, 1.807) is 0 Å². The van der Waals surface area contributed by atoms with E-state index in [1.807, 2.05) is 32.4 Å². The summed E-state index contributed by atoms with van der Waals surface area (Å²) in [6.07, 6.45) is 2.17. The van der Waals surface area contributed by atoms with Gasteiger partial charge >= 0.3 is 10.3 Å². The Kier molecular flexibility index (Phi) is 2.92. The second kappa shape index (κ2) is 4.22. The van der Waals surface area contributed by atoms with Gasteiger partial charge in [0.2, 0.25) is 0 Å². The van der Waals surface area contributed by atoms with Crippen LogP contribution < -0.4 is 5.32 Å². The van der Waals surface area contributed by atoms with E-state index in [4.69, 9.17) is 0 Å². The predicted octanol–water partition coefficient (Wildman–Crippen LogP) is 5.45. The second-order valence-corrected chi connectivity index (χ2v) is 8.39. The molecule has 1 aromatic carbocycles. The van der Waals surface area contributed by atoms with Crippen molar-refractivity contribution in [1.29, 1.82) is 0 Å². The van der Waals surface area contributed by atoms with Crippen molar-refractivity contribution >= 4 is 38.1 Å². The van der Waals surface area contributed by atoms with Gasteiger partial charge in [-0.3, -0.25) is 0 Å². The van der Waals surface area contributed by atoms with Crippen LogP contribution in [0, 0.1) is 6.92 Å². The third-order valence-corrected chi connectivity index (χ3v) is 7.49. The minimum Gasteiger partial charge on any atom is -0.375 e. The van der Waals surface area contributed by atoms with Gasteiger partial charge in [0.1, 0.15) is 4.88 Å². The summed E-state index contributed by atoms with van der Waals surface area (Å²) < 4.78 is 1.44. The predicted molar refractivity (Wildman–Crippen MR) is 85.2 cm³/mol. The molecule has 2 aromatic rings. The Hall–Kier alpha value is -0.580. The zero-order chi connectivity index (χ0) is 12.9. The topological polar surface area (TPSA) is 12.0 Å². The van der Waals surface area contributed by atoms with Gasteiger partial charge in [-0.15, -0.1) is 0 Å². The van der Waals surface area contributed by atoms with Crippen LogP contribution in [0.25, 0.3) is 11.1 Å². The molecule has 3 rings (SSSR count). The number of benzene rings is 1. The molecular formula is C14H16NS3+. The Labute approximate surface area is 120 Å². The molecule has 2 heterocycles. The normalized spacial score (nSPS) is 15.8. The van der Waals surface area contributed by atoms with Crippen LogP contribution in [0.4, 0.5) is 5.69 Å². The van der Waals surface area contributed by atoms with E-state index in [0.29, 0.717) is 0 Å². The summed E-state index contributed by atoms with van der Waals surface area (Å²) in [7, 11) is 3.81. The molecule has 0 atom stereocenters. The van der Waals surface area contributed by atoms with E-state index >= 15 is 0 Å². The molecule has 0 saturated heterocycles. The molecule has 94 valence electrons. The summed E-state index contributed by atoms with van der Waals surface area (Å²) in [5.74, 6) is 0. The van der Waals surface area contributed by atoms with E-state index in [1.165, 1.54) is 31.5 Å². The molecule has 0 saturated carbocycles. The fraction of sp³-hybridized carbons (Fsp3) is 0.357. The number of thioether (sulfide) groups is 1. The molecular weight excluding hydrogens is 278 g/mol. The molecule has 0 amide bonds. The maximum Gasteiger partial charge on any atom is 0.308 e. The van der Waals surface area contributed by atoms with Crippen molar-refractivity contribution in [2.45, 2.75) is 30.5 Å². The first kappa shape index (κ1) is 12.5. The van der Waals surface area contributed by atoms with Crippen LogP contribution in [-0.4, -0.2) is 6.26 Å². The van der Waals surface area contributed by atoms with Crippen molar-refractivity contribution in [2.24, 2.45) is 0 Å². The molecule has 1 aromatic heterocycles. The molecule has 18 heavy (non-hydrogen) atoms. The standard InChI is InChI=1S/C14H16NS3/c1-8-5-6-9-10(7-8)15-14(2,3)12-11(9)13(16-4)18-17-12/h5-7,15H,1-4H3/q+1. The number of anilines is 1. The van der Waals surface area contributed by atoms with Crippen molar-refractivity contribution in [3.05, 3.63) is 28.6 Å². The zero-order valence-corrected chi connectivity index (χ0v) is 13.4. The van der Waals surface area contributed by atoms with E-state index in [2.05, 4.69) is 50.5 Å². The van der Waals surface area contributed by atoms with E-state index < -0.39 is 0 Å². The second-order valence-electron chi connectivity index (χ2n) is 5.16. The first-order chi connectivity index (χ1) is 8.53. The summed E-state index contributed by atoms with van der Waals surface area (Å²) in [4.78, 5) is 1.47. The molecule has 1 nitrogen and oxygen atoms in total. The molecule has 0 fully saturated rings. The van der Waals surface area contributed by atoms with Gasteiger partial charge in [0.25, 0.3) is 4.21 Å². The van der Waals surface area contributed by atoms with Crippen molar-refractivity contribution < 1.29 is 0 Å². The summed E-state index contributed by atoms with van der Waals surface area (Å²) in [5, 5.41) is 3.68. The van der Waals surface area contributed by atoms with Gasteiger partial charge in [-0.25, -0.2) is 0 Å². The number of hydrogen-bond donors (Lipinski definition) is 1. The van der Waals surface area contributed by atoms with E-state index in [0.717, 1.165) is 0 Å². The number of aryl methyl sites for hydroxylation is 1. The van der Waals surface area contributed by atoms with Gasteiger partial charge in [-0.05, 0) is 38.7 Å². The highest BCUT2D eigenvalue weighted by atomic mass is 32.9. The van der Waals surface area contributed by atoms with Crippen LogP contribution in [0.2, 0.25) is 0 Å². The highest BCUT2D eigenvalue weighted by Crippen LogP contribution is 2.52. The van der Waals surface area contributed by atoms with E-state index in [9.17, 15) is 0 Å². The van der Waals surface area contributed by atoms with Crippen LogP contribution in [-0.2, 0) is 5.54 Å². The SMILES string of the molecule is CSc1[s+]sc2c1-c1ccc(C)cc1NC2(C)C. The van der Waals surface area contributed by atoms with Crippen LogP contribution in [0.15, 0.2) is 22.4 Å². The highest BCUT2D eigenvalue weighted by molar-refractivity contribution is 8.02.